The second-order valence-electron chi connectivity index (χ2n) is 4.23. The Kier molecular flexibility index (Phi) is 5.42. The highest BCUT2D eigenvalue weighted by Crippen LogP contribution is 2.28. The van der Waals surface area contributed by atoms with E-state index in [1.54, 1.807) is 12.1 Å². The molecular weight excluding hydrogens is 424 g/mol. The Morgan fingerprint density at radius 1 is 1.33 bits per heavy atom. The minimum Gasteiger partial charge on any atom is -0.313 e. The predicted octanol–water partition coefficient (Wildman–Crippen LogP) is 2.85. The summed E-state index contributed by atoms with van der Waals surface area (Å²) in [5.74, 6) is 0. The van der Waals surface area contributed by atoms with Crippen molar-refractivity contribution in [2.75, 3.05) is 11.3 Å². The molecule has 9 heteroatoms. The largest absolute Gasteiger partial charge is 0.313 e. The lowest BCUT2D eigenvalue weighted by Crippen LogP contribution is -2.18. The standard InChI is InChI=1S/C12H14Br2N4O2S/c1-2-15-6-8-7-16-17-12(8)21(19,20)18-11-5-9(13)3-4-10(11)14/h3-5,7,15,18H,2,6H2,1H3,(H,16,17). The number of aromatic amines is 1. The molecule has 0 aliphatic heterocycles. The van der Waals surface area contributed by atoms with Crippen LogP contribution in [0.2, 0.25) is 0 Å². The molecule has 0 amide bonds. The Morgan fingerprint density at radius 2 is 2.10 bits per heavy atom. The summed E-state index contributed by atoms with van der Waals surface area (Å²) >= 11 is 6.64. The van der Waals surface area contributed by atoms with Crippen molar-refractivity contribution in [3.8, 4) is 0 Å². The van der Waals surface area contributed by atoms with Crippen molar-refractivity contribution < 1.29 is 8.42 Å². The molecule has 1 aromatic carbocycles. The molecule has 0 saturated heterocycles. The van der Waals surface area contributed by atoms with Gasteiger partial charge in [0.05, 0.1) is 11.9 Å². The third kappa shape index (κ3) is 4.06. The molecule has 0 atom stereocenters. The van der Waals surface area contributed by atoms with Crippen LogP contribution in [0, 0.1) is 0 Å². The number of anilines is 1. The molecule has 0 aliphatic carbocycles. The molecule has 1 aromatic heterocycles. The summed E-state index contributed by atoms with van der Waals surface area (Å²) < 4.78 is 28.9. The minimum absolute atomic E-state index is 0.0651. The fourth-order valence-electron chi connectivity index (χ4n) is 1.69. The van der Waals surface area contributed by atoms with Crippen LogP contribution in [0.3, 0.4) is 0 Å². The fraction of sp³-hybridized carbons (Fsp3) is 0.250. The van der Waals surface area contributed by atoms with Crippen LogP contribution in [-0.2, 0) is 16.6 Å². The Bertz CT molecular complexity index is 731. The SMILES string of the molecule is CCNCc1cn[nH]c1S(=O)(=O)Nc1cc(Br)ccc1Br. The van der Waals surface area contributed by atoms with E-state index in [4.69, 9.17) is 0 Å². The first kappa shape index (κ1) is 16.5. The number of H-pyrrole nitrogens is 1. The summed E-state index contributed by atoms with van der Waals surface area (Å²) in [5.41, 5.74) is 1.05. The maximum atomic E-state index is 12.5. The number of sulfonamides is 1. The van der Waals surface area contributed by atoms with E-state index < -0.39 is 10.0 Å². The Morgan fingerprint density at radius 3 is 2.81 bits per heavy atom. The molecule has 21 heavy (non-hydrogen) atoms. The lowest BCUT2D eigenvalue weighted by molar-refractivity contribution is 0.594. The van der Waals surface area contributed by atoms with Gasteiger partial charge in [-0.25, -0.2) is 0 Å². The van der Waals surface area contributed by atoms with Gasteiger partial charge in [0.2, 0.25) is 0 Å². The summed E-state index contributed by atoms with van der Waals surface area (Å²) in [6.45, 7) is 3.13. The molecule has 2 rings (SSSR count). The lowest BCUT2D eigenvalue weighted by Gasteiger charge is -2.10. The summed E-state index contributed by atoms with van der Waals surface area (Å²) in [7, 11) is -3.73. The van der Waals surface area contributed by atoms with E-state index in [9.17, 15) is 8.42 Å². The highest BCUT2D eigenvalue weighted by molar-refractivity contribution is 9.11. The van der Waals surface area contributed by atoms with Gasteiger partial charge in [0.1, 0.15) is 0 Å². The zero-order chi connectivity index (χ0) is 15.5. The number of benzene rings is 1. The summed E-state index contributed by atoms with van der Waals surface area (Å²) in [6.07, 6.45) is 1.51. The average molecular weight is 438 g/mol. The monoisotopic (exact) mass is 436 g/mol. The molecule has 0 bridgehead atoms. The molecule has 0 unspecified atom stereocenters. The Balaban J connectivity index is 2.30. The number of nitrogens with one attached hydrogen (secondary N) is 3. The van der Waals surface area contributed by atoms with Crippen LogP contribution in [0.5, 0.6) is 0 Å². The first-order valence-electron chi connectivity index (χ1n) is 6.15. The van der Waals surface area contributed by atoms with Gasteiger partial charge in [-0.1, -0.05) is 22.9 Å². The minimum atomic E-state index is -3.73. The highest BCUT2D eigenvalue weighted by Gasteiger charge is 2.21. The normalized spacial score (nSPS) is 11.6. The van der Waals surface area contributed by atoms with Crippen LogP contribution in [-0.4, -0.2) is 25.2 Å². The van der Waals surface area contributed by atoms with Crippen LogP contribution in [0.15, 0.2) is 38.4 Å². The van der Waals surface area contributed by atoms with Crippen molar-refractivity contribution in [2.45, 2.75) is 18.5 Å². The van der Waals surface area contributed by atoms with Gasteiger partial charge in [-0.15, -0.1) is 0 Å². The van der Waals surface area contributed by atoms with E-state index in [-0.39, 0.29) is 5.03 Å². The topological polar surface area (TPSA) is 86.9 Å². The van der Waals surface area contributed by atoms with Crippen molar-refractivity contribution in [1.29, 1.82) is 0 Å². The number of hydrogen-bond acceptors (Lipinski definition) is 4. The zero-order valence-electron chi connectivity index (χ0n) is 11.2. The summed E-state index contributed by atoms with van der Waals surface area (Å²) in [6, 6.07) is 5.26. The molecule has 2 aromatic rings. The fourth-order valence-corrected chi connectivity index (χ4v) is 3.73. The first-order chi connectivity index (χ1) is 9.94. The third-order valence-electron chi connectivity index (χ3n) is 2.69. The molecule has 3 N–H and O–H groups in total. The van der Waals surface area contributed by atoms with E-state index >= 15 is 0 Å². The Hall–Kier alpha value is -0.900. The third-order valence-corrected chi connectivity index (χ3v) is 5.25. The van der Waals surface area contributed by atoms with Crippen molar-refractivity contribution >= 4 is 47.6 Å². The maximum absolute atomic E-state index is 12.5. The molecule has 0 radical (unpaired) electrons. The van der Waals surface area contributed by atoms with Gasteiger partial charge in [-0.05, 0) is 40.7 Å². The van der Waals surface area contributed by atoms with Gasteiger partial charge >= 0.3 is 0 Å². The van der Waals surface area contributed by atoms with Crippen molar-refractivity contribution in [2.24, 2.45) is 0 Å². The molecule has 1 heterocycles. The quantitative estimate of drug-likeness (QED) is 0.648. The Labute approximate surface area is 140 Å². The van der Waals surface area contributed by atoms with Gasteiger partial charge in [-0.3, -0.25) is 9.82 Å². The second kappa shape index (κ2) is 6.91. The van der Waals surface area contributed by atoms with Crippen LogP contribution in [0.25, 0.3) is 0 Å². The van der Waals surface area contributed by atoms with Gasteiger partial charge in [-0.2, -0.15) is 13.5 Å². The molecular formula is C12H14Br2N4O2S. The lowest BCUT2D eigenvalue weighted by atomic mass is 10.3. The van der Waals surface area contributed by atoms with Crippen molar-refractivity contribution in [3.63, 3.8) is 0 Å². The number of rotatable bonds is 6. The van der Waals surface area contributed by atoms with Crippen molar-refractivity contribution in [1.82, 2.24) is 15.5 Å². The van der Waals surface area contributed by atoms with E-state index in [2.05, 4.69) is 52.1 Å². The van der Waals surface area contributed by atoms with Gasteiger partial charge in [0, 0.05) is 21.1 Å². The molecule has 0 spiro atoms. The van der Waals surface area contributed by atoms with Crippen molar-refractivity contribution in [3.05, 3.63) is 38.9 Å². The van der Waals surface area contributed by atoms with Gasteiger partial charge < -0.3 is 5.32 Å². The van der Waals surface area contributed by atoms with E-state index in [1.807, 2.05) is 13.0 Å². The van der Waals surface area contributed by atoms with Crippen LogP contribution in [0.1, 0.15) is 12.5 Å². The molecule has 114 valence electrons. The van der Waals surface area contributed by atoms with E-state index in [0.717, 1.165) is 11.0 Å². The molecule has 0 aliphatic rings. The van der Waals surface area contributed by atoms with Gasteiger partial charge in [0.15, 0.2) is 5.03 Å². The molecule has 6 nitrogen and oxygen atoms in total. The highest BCUT2D eigenvalue weighted by atomic mass is 79.9. The number of halogens is 2. The van der Waals surface area contributed by atoms with E-state index in [0.29, 0.717) is 22.3 Å². The molecule has 0 saturated carbocycles. The van der Waals surface area contributed by atoms with Crippen LogP contribution < -0.4 is 10.0 Å². The number of aromatic nitrogens is 2. The van der Waals surface area contributed by atoms with E-state index in [1.165, 1.54) is 6.20 Å². The van der Waals surface area contributed by atoms with Crippen LogP contribution in [0.4, 0.5) is 5.69 Å². The maximum Gasteiger partial charge on any atom is 0.279 e. The zero-order valence-corrected chi connectivity index (χ0v) is 15.1. The number of nitrogens with zero attached hydrogens (tertiary/aromatic N) is 1. The number of hydrogen-bond donors (Lipinski definition) is 3. The summed E-state index contributed by atoms with van der Waals surface area (Å²) in [4.78, 5) is 0. The van der Waals surface area contributed by atoms with Crippen LogP contribution >= 0.6 is 31.9 Å². The first-order valence-corrected chi connectivity index (χ1v) is 9.21. The predicted molar refractivity (Wildman–Crippen MR) is 88.6 cm³/mol. The van der Waals surface area contributed by atoms with Gasteiger partial charge in [0.25, 0.3) is 10.0 Å². The smallest absolute Gasteiger partial charge is 0.279 e. The average Bonchev–Trinajstić information content (AvgIpc) is 2.89. The second-order valence-corrected chi connectivity index (χ2v) is 7.62. The summed E-state index contributed by atoms with van der Waals surface area (Å²) in [5, 5.41) is 9.50. The molecule has 0 fully saturated rings.